The van der Waals surface area contributed by atoms with Gasteiger partial charge in [0.1, 0.15) is 5.00 Å². The molecular formula is C24H24N2O2S. The van der Waals surface area contributed by atoms with Gasteiger partial charge < -0.3 is 10.6 Å². The van der Waals surface area contributed by atoms with Gasteiger partial charge in [-0.05, 0) is 61.4 Å². The molecule has 2 aromatic carbocycles. The number of carbonyl (C=O) groups is 2. The van der Waals surface area contributed by atoms with E-state index in [1.165, 1.54) is 4.88 Å². The van der Waals surface area contributed by atoms with Crippen LogP contribution in [-0.4, -0.2) is 11.8 Å². The van der Waals surface area contributed by atoms with Crippen LogP contribution in [0.1, 0.15) is 44.8 Å². The van der Waals surface area contributed by atoms with E-state index in [4.69, 9.17) is 0 Å². The zero-order valence-corrected chi connectivity index (χ0v) is 17.3. The lowest BCUT2D eigenvalue weighted by Crippen LogP contribution is -2.19. The number of fused-ring (bicyclic) bond motifs is 1. The Morgan fingerprint density at radius 3 is 2.55 bits per heavy atom. The van der Waals surface area contributed by atoms with Gasteiger partial charge in [-0.2, -0.15) is 0 Å². The van der Waals surface area contributed by atoms with Crippen molar-refractivity contribution in [2.75, 3.05) is 10.6 Å². The molecule has 2 N–H and O–H groups in total. The normalized spacial score (nSPS) is 12.9. The number of hydrogen-bond acceptors (Lipinski definition) is 3. The molecule has 0 spiro atoms. The van der Waals surface area contributed by atoms with Gasteiger partial charge in [-0.3, -0.25) is 9.59 Å². The van der Waals surface area contributed by atoms with Crippen molar-refractivity contribution in [3.8, 4) is 0 Å². The number of benzene rings is 2. The molecule has 2 amide bonds. The molecule has 1 heterocycles. The molecular weight excluding hydrogens is 380 g/mol. The number of nitrogens with one attached hydrogen (secondary N) is 2. The maximum absolute atomic E-state index is 13.2. The number of carbonyl (C=O) groups excluding carboxylic acids is 2. The highest BCUT2D eigenvalue weighted by Crippen LogP contribution is 2.38. The molecule has 29 heavy (non-hydrogen) atoms. The highest BCUT2D eigenvalue weighted by atomic mass is 32.1. The topological polar surface area (TPSA) is 58.2 Å². The fourth-order valence-corrected chi connectivity index (χ4v) is 5.07. The lowest BCUT2D eigenvalue weighted by Gasteiger charge is -2.13. The van der Waals surface area contributed by atoms with Gasteiger partial charge in [0.15, 0.2) is 0 Å². The van der Waals surface area contributed by atoms with Crippen LogP contribution in [0, 0.1) is 6.92 Å². The van der Waals surface area contributed by atoms with Crippen molar-refractivity contribution in [2.45, 2.75) is 39.0 Å². The van der Waals surface area contributed by atoms with Crippen molar-refractivity contribution in [3.05, 3.63) is 81.7 Å². The third-order valence-electron chi connectivity index (χ3n) is 5.13. The summed E-state index contributed by atoms with van der Waals surface area (Å²) in [6, 6.07) is 17.4. The molecule has 0 aliphatic heterocycles. The Hall–Kier alpha value is -2.92. The summed E-state index contributed by atoms with van der Waals surface area (Å²) in [4.78, 5) is 27.0. The second-order valence-electron chi connectivity index (χ2n) is 7.45. The van der Waals surface area contributed by atoms with E-state index in [9.17, 15) is 9.59 Å². The van der Waals surface area contributed by atoms with Crippen LogP contribution in [0.4, 0.5) is 10.7 Å². The van der Waals surface area contributed by atoms with E-state index in [1.54, 1.807) is 11.3 Å². The van der Waals surface area contributed by atoms with Crippen LogP contribution in [0.3, 0.4) is 0 Å². The third-order valence-corrected chi connectivity index (χ3v) is 6.34. The minimum atomic E-state index is -0.148. The van der Waals surface area contributed by atoms with E-state index in [-0.39, 0.29) is 11.8 Å². The average Bonchev–Trinajstić information content (AvgIpc) is 3.06. The Balaban J connectivity index is 1.59. The molecule has 0 fully saturated rings. The molecule has 4 nitrogen and oxygen atoms in total. The zero-order valence-electron chi connectivity index (χ0n) is 16.5. The number of rotatable bonds is 5. The molecule has 0 unspecified atom stereocenters. The lowest BCUT2D eigenvalue weighted by molar-refractivity contribution is -0.115. The quantitative estimate of drug-likeness (QED) is 0.601. The SMILES string of the molecule is Cc1cccc(NC(=O)c2c(NC(=O)Cc3ccccc3)sc3c2CCCC3)c1. The molecule has 4 rings (SSSR count). The van der Waals surface area contributed by atoms with E-state index >= 15 is 0 Å². The van der Waals surface area contributed by atoms with Gasteiger partial charge in [0, 0.05) is 10.6 Å². The maximum Gasteiger partial charge on any atom is 0.258 e. The van der Waals surface area contributed by atoms with Gasteiger partial charge in [-0.15, -0.1) is 11.3 Å². The molecule has 0 atom stereocenters. The molecule has 1 aliphatic carbocycles. The molecule has 0 saturated heterocycles. The summed E-state index contributed by atoms with van der Waals surface area (Å²) < 4.78 is 0. The van der Waals surface area contributed by atoms with Gasteiger partial charge in [0.25, 0.3) is 5.91 Å². The fraction of sp³-hybridized carbons (Fsp3) is 0.250. The van der Waals surface area contributed by atoms with Crippen molar-refractivity contribution in [1.29, 1.82) is 0 Å². The van der Waals surface area contributed by atoms with E-state index < -0.39 is 0 Å². The largest absolute Gasteiger partial charge is 0.322 e. The van der Waals surface area contributed by atoms with Crippen molar-refractivity contribution in [1.82, 2.24) is 0 Å². The van der Waals surface area contributed by atoms with E-state index in [0.717, 1.165) is 48.1 Å². The van der Waals surface area contributed by atoms with Crippen LogP contribution in [0.25, 0.3) is 0 Å². The molecule has 0 saturated carbocycles. The molecule has 0 radical (unpaired) electrons. The first-order valence-corrected chi connectivity index (χ1v) is 10.8. The summed E-state index contributed by atoms with van der Waals surface area (Å²) in [5.41, 5.74) is 4.55. The lowest BCUT2D eigenvalue weighted by atomic mass is 9.95. The Labute approximate surface area is 175 Å². The van der Waals surface area contributed by atoms with Gasteiger partial charge in [-0.1, -0.05) is 42.5 Å². The van der Waals surface area contributed by atoms with Crippen molar-refractivity contribution in [2.24, 2.45) is 0 Å². The van der Waals surface area contributed by atoms with E-state index in [2.05, 4.69) is 10.6 Å². The predicted molar refractivity (Wildman–Crippen MR) is 119 cm³/mol. The predicted octanol–water partition coefficient (Wildman–Crippen LogP) is 5.37. The fourth-order valence-electron chi connectivity index (χ4n) is 3.76. The summed E-state index contributed by atoms with van der Waals surface area (Å²) in [7, 11) is 0. The highest BCUT2D eigenvalue weighted by Gasteiger charge is 2.26. The Morgan fingerprint density at radius 2 is 1.76 bits per heavy atom. The minimum Gasteiger partial charge on any atom is -0.322 e. The van der Waals surface area contributed by atoms with Crippen LogP contribution >= 0.6 is 11.3 Å². The van der Waals surface area contributed by atoms with Gasteiger partial charge in [0.05, 0.1) is 12.0 Å². The smallest absolute Gasteiger partial charge is 0.258 e. The number of anilines is 2. The second-order valence-corrected chi connectivity index (χ2v) is 8.55. The maximum atomic E-state index is 13.2. The number of aryl methyl sites for hydroxylation is 2. The summed E-state index contributed by atoms with van der Waals surface area (Å²) in [5.74, 6) is -0.246. The van der Waals surface area contributed by atoms with Crippen LogP contribution in [0.2, 0.25) is 0 Å². The molecule has 1 aromatic heterocycles. The van der Waals surface area contributed by atoms with Gasteiger partial charge in [0.2, 0.25) is 5.91 Å². The average molecular weight is 405 g/mol. The first kappa shape index (κ1) is 19.4. The third kappa shape index (κ3) is 4.57. The van der Waals surface area contributed by atoms with E-state index in [1.807, 2.05) is 61.5 Å². The van der Waals surface area contributed by atoms with E-state index in [0.29, 0.717) is 17.0 Å². The molecule has 5 heteroatoms. The summed E-state index contributed by atoms with van der Waals surface area (Å²) >= 11 is 1.55. The Bertz CT molecular complexity index is 1040. The van der Waals surface area contributed by atoms with Crippen LogP contribution in [0.5, 0.6) is 0 Å². The zero-order chi connectivity index (χ0) is 20.2. The first-order chi connectivity index (χ1) is 14.1. The monoisotopic (exact) mass is 404 g/mol. The number of amides is 2. The van der Waals surface area contributed by atoms with Crippen LogP contribution in [0.15, 0.2) is 54.6 Å². The minimum absolute atomic E-state index is 0.0978. The van der Waals surface area contributed by atoms with Crippen LogP contribution in [-0.2, 0) is 24.1 Å². The summed E-state index contributed by atoms with van der Waals surface area (Å²) in [5, 5.41) is 6.70. The number of hydrogen-bond donors (Lipinski definition) is 2. The molecule has 3 aromatic rings. The highest BCUT2D eigenvalue weighted by molar-refractivity contribution is 7.17. The van der Waals surface area contributed by atoms with Crippen molar-refractivity contribution < 1.29 is 9.59 Å². The summed E-state index contributed by atoms with van der Waals surface area (Å²) in [6.45, 7) is 2.00. The van der Waals surface area contributed by atoms with Gasteiger partial charge >= 0.3 is 0 Å². The van der Waals surface area contributed by atoms with Crippen molar-refractivity contribution in [3.63, 3.8) is 0 Å². The Morgan fingerprint density at radius 1 is 0.966 bits per heavy atom. The molecule has 0 bridgehead atoms. The second kappa shape index (κ2) is 8.62. The van der Waals surface area contributed by atoms with Crippen molar-refractivity contribution >= 4 is 33.8 Å². The first-order valence-electron chi connectivity index (χ1n) is 9.96. The standard InChI is InChI=1S/C24H24N2O2S/c1-16-8-7-11-18(14-16)25-23(28)22-19-12-5-6-13-20(19)29-24(22)26-21(27)15-17-9-3-2-4-10-17/h2-4,7-11,14H,5-6,12-13,15H2,1H3,(H,25,28)(H,26,27). The molecule has 148 valence electrons. The molecule has 1 aliphatic rings. The van der Waals surface area contributed by atoms with Crippen LogP contribution < -0.4 is 10.6 Å². The summed E-state index contributed by atoms with van der Waals surface area (Å²) in [6.07, 6.45) is 4.36. The van der Waals surface area contributed by atoms with Gasteiger partial charge in [-0.25, -0.2) is 0 Å². The Kier molecular flexibility index (Phi) is 5.76. The number of thiophene rings is 1.